The molecule has 9 heteroatoms. The third kappa shape index (κ3) is 4.90. The molecule has 3 heterocycles. The molecule has 2 aromatic carbocycles. The first kappa shape index (κ1) is 24.5. The maximum Gasteiger partial charge on any atom is 0.293 e. The summed E-state index contributed by atoms with van der Waals surface area (Å²) in [6.45, 7) is 3.42. The van der Waals surface area contributed by atoms with Crippen molar-refractivity contribution in [3.05, 3.63) is 76.6 Å². The summed E-state index contributed by atoms with van der Waals surface area (Å²) in [5.74, 6) is -0.0494. The zero-order valence-electron chi connectivity index (χ0n) is 21.3. The van der Waals surface area contributed by atoms with Crippen molar-refractivity contribution in [3.8, 4) is 22.3 Å². The van der Waals surface area contributed by atoms with Crippen molar-refractivity contribution in [3.63, 3.8) is 0 Å². The first-order valence-corrected chi connectivity index (χ1v) is 12.3. The molecular weight excluding hydrogens is 468 g/mol. The Morgan fingerprint density at radius 1 is 1.00 bits per heavy atom. The molecule has 5 rings (SSSR count). The average Bonchev–Trinajstić information content (AvgIpc) is 3.21. The number of hydrogen-bond acceptors (Lipinski definition) is 6. The van der Waals surface area contributed by atoms with Gasteiger partial charge in [0.1, 0.15) is 11.3 Å². The largest absolute Gasteiger partial charge is 0.365 e. The van der Waals surface area contributed by atoms with Crippen LogP contribution in [-0.4, -0.2) is 77.9 Å². The molecule has 9 nitrogen and oxygen atoms in total. The topological polar surface area (TPSA) is 98.6 Å². The third-order valence-electron chi connectivity index (χ3n) is 6.95. The highest BCUT2D eigenvalue weighted by atomic mass is 16.6. The van der Waals surface area contributed by atoms with Crippen molar-refractivity contribution < 1.29 is 9.72 Å². The van der Waals surface area contributed by atoms with Crippen molar-refractivity contribution in [2.45, 2.75) is 6.42 Å². The summed E-state index contributed by atoms with van der Waals surface area (Å²) in [5, 5.41) is 13.0. The number of likely N-dealkylation sites (N-methyl/N-ethyl adjacent to an activating group) is 1. The van der Waals surface area contributed by atoms with Crippen molar-refractivity contribution in [2.24, 2.45) is 0 Å². The first-order chi connectivity index (χ1) is 17.8. The number of nitrogens with zero attached hydrogens (tertiary/aromatic N) is 5. The van der Waals surface area contributed by atoms with E-state index < -0.39 is 0 Å². The minimum atomic E-state index is -0.294. The van der Waals surface area contributed by atoms with Crippen LogP contribution in [0.5, 0.6) is 0 Å². The molecule has 0 atom stereocenters. The number of carbonyl (C=O) groups excluding carboxylic acids is 1. The predicted octanol–water partition coefficient (Wildman–Crippen LogP) is 4.65. The van der Waals surface area contributed by atoms with Crippen LogP contribution in [0, 0.1) is 10.1 Å². The van der Waals surface area contributed by atoms with Crippen LogP contribution in [0.2, 0.25) is 0 Å². The molecular formula is C28H30N6O3. The number of anilines is 1. The number of nitro groups is 1. The Bertz CT molecular complexity index is 1460. The minimum Gasteiger partial charge on any atom is -0.365 e. The van der Waals surface area contributed by atoms with Crippen molar-refractivity contribution in [2.75, 3.05) is 52.2 Å². The molecule has 0 unspecified atom stereocenters. The molecule has 0 saturated carbocycles. The number of aromatic nitrogens is 2. The van der Waals surface area contributed by atoms with E-state index in [0.29, 0.717) is 11.3 Å². The predicted molar refractivity (Wildman–Crippen MR) is 146 cm³/mol. The second-order valence-corrected chi connectivity index (χ2v) is 9.70. The van der Waals surface area contributed by atoms with Gasteiger partial charge >= 0.3 is 0 Å². The molecule has 0 aliphatic carbocycles. The molecule has 4 aromatic rings. The van der Waals surface area contributed by atoms with Gasteiger partial charge in [0.25, 0.3) is 11.6 Å². The van der Waals surface area contributed by atoms with Gasteiger partial charge < -0.3 is 19.7 Å². The van der Waals surface area contributed by atoms with Gasteiger partial charge in [-0.25, -0.2) is 4.98 Å². The summed E-state index contributed by atoms with van der Waals surface area (Å²) in [5.41, 5.74) is 5.57. The molecule has 0 radical (unpaired) electrons. The Labute approximate surface area is 215 Å². The Morgan fingerprint density at radius 3 is 2.49 bits per heavy atom. The first-order valence-electron chi connectivity index (χ1n) is 12.3. The molecule has 0 bridgehead atoms. The molecule has 1 saturated heterocycles. The summed E-state index contributed by atoms with van der Waals surface area (Å²) in [6, 6.07) is 14.9. The normalized spacial score (nSPS) is 14.5. The summed E-state index contributed by atoms with van der Waals surface area (Å²) in [4.78, 5) is 37.7. The number of carbonyl (C=O) groups is 1. The Balaban J connectivity index is 1.50. The highest BCUT2D eigenvalue weighted by Crippen LogP contribution is 2.36. The Hall–Kier alpha value is -4.24. The van der Waals surface area contributed by atoms with Crippen LogP contribution in [0.1, 0.15) is 16.8 Å². The van der Waals surface area contributed by atoms with Crippen LogP contribution in [0.4, 0.5) is 11.4 Å². The Morgan fingerprint density at radius 2 is 1.76 bits per heavy atom. The molecule has 1 N–H and O–H groups in total. The number of benzene rings is 2. The standard InChI is InChI=1S/C28H30N6O3/c1-31(2)28(35)20-7-5-19(6-8-20)24-18-30-27-23(24)15-22(17-29-27)21-9-10-25(26(16-21)34(36)37)33-12-4-11-32(3)13-14-33/h5-10,15-18H,4,11-14H2,1-3H3,(H,29,30). The van der Waals surface area contributed by atoms with E-state index in [2.05, 4.69) is 26.8 Å². The second-order valence-electron chi connectivity index (χ2n) is 9.70. The fourth-order valence-corrected chi connectivity index (χ4v) is 4.85. The van der Waals surface area contributed by atoms with Crippen LogP contribution >= 0.6 is 0 Å². The maximum absolute atomic E-state index is 12.2. The third-order valence-corrected chi connectivity index (χ3v) is 6.95. The van der Waals surface area contributed by atoms with Crippen LogP contribution in [0.3, 0.4) is 0 Å². The van der Waals surface area contributed by atoms with Gasteiger partial charge in [-0.1, -0.05) is 18.2 Å². The number of H-pyrrole nitrogens is 1. The van der Waals surface area contributed by atoms with Gasteiger partial charge in [0.15, 0.2) is 0 Å². The molecule has 1 aliphatic heterocycles. The Kier molecular flexibility index (Phi) is 6.62. The highest BCUT2D eigenvalue weighted by molar-refractivity contribution is 5.98. The van der Waals surface area contributed by atoms with E-state index in [1.807, 2.05) is 48.7 Å². The molecule has 190 valence electrons. The van der Waals surface area contributed by atoms with Gasteiger partial charge in [0, 0.05) is 74.3 Å². The van der Waals surface area contributed by atoms with Gasteiger partial charge in [-0.3, -0.25) is 14.9 Å². The van der Waals surface area contributed by atoms with Crippen molar-refractivity contribution in [1.29, 1.82) is 0 Å². The zero-order valence-corrected chi connectivity index (χ0v) is 21.3. The van der Waals surface area contributed by atoms with Gasteiger partial charge in [0.05, 0.1) is 4.92 Å². The average molecular weight is 499 g/mol. The summed E-state index contributed by atoms with van der Waals surface area (Å²) >= 11 is 0. The number of fused-ring (bicyclic) bond motifs is 1. The molecule has 37 heavy (non-hydrogen) atoms. The molecule has 1 fully saturated rings. The van der Waals surface area contributed by atoms with E-state index in [1.54, 1.807) is 31.3 Å². The monoisotopic (exact) mass is 498 g/mol. The van der Waals surface area contributed by atoms with Gasteiger partial charge in [-0.15, -0.1) is 0 Å². The van der Waals surface area contributed by atoms with Gasteiger partial charge in [-0.05, 0) is 55.4 Å². The summed E-state index contributed by atoms with van der Waals surface area (Å²) < 4.78 is 0. The number of nitrogens with one attached hydrogen (secondary N) is 1. The van der Waals surface area contributed by atoms with Gasteiger partial charge in [0.2, 0.25) is 0 Å². The van der Waals surface area contributed by atoms with Crippen LogP contribution in [0.25, 0.3) is 33.3 Å². The van der Waals surface area contributed by atoms with E-state index in [4.69, 9.17) is 0 Å². The van der Waals surface area contributed by atoms with E-state index in [9.17, 15) is 14.9 Å². The van der Waals surface area contributed by atoms with E-state index in [-0.39, 0.29) is 16.5 Å². The van der Waals surface area contributed by atoms with Crippen molar-refractivity contribution in [1.82, 2.24) is 19.8 Å². The smallest absolute Gasteiger partial charge is 0.293 e. The molecule has 2 aromatic heterocycles. The molecule has 1 aliphatic rings. The lowest BCUT2D eigenvalue weighted by atomic mass is 10.0. The van der Waals surface area contributed by atoms with Crippen LogP contribution in [-0.2, 0) is 0 Å². The summed E-state index contributed by atoms with van der Waals surface area (Å²) in [7, 11) is 5.54. The fourth-order valence-electron chi connectivity index (χ4n) is 4.85. The maximum atomic E-state index is 12.2. The molecule has 0 spiro atoms. The highest BCUT2D eigenvalue weighted by Gasteiger charge is 2.23. The van der Waals surface area contributed by atoms with Crippen molar-refractivity contribution >= 4 is 28.3 Å². The van der Waals surface area contributed by atoms with E-state index in [0.717, 1.165) is 65.9 Å². The lowest BCUT2D eigenvalue weighted by Crippen LogP contribution is -2.29. The van der Waals surface area contributed by atoms with Crippen LogP contribution in [0.15, 0.2) is 60.9 Å². The number of nitro benzene ring substituents is 1. The number of aromatic amines is 1. The SMILES string of the molecule is CN1CCCN(c2ccc(-c3cnc4[nH]cc(-c5ccc(C(=O)N(C)C)cc5)c4c3)cc2[N+](=O)[O-])CC1. The number of rotatable bonds is 5. The fraction of sp³-hybridized carbons (Fsp3) is 0.286. The quantitative estimate of drug-likeness (QED) is 0.318. The summed E-state index contributed by atoms with van der Waals surface area (Å²) in [6.07, 6.45) is 4.60. The van der Waals surface area contributed by atoms with Crippen LogP contribution < -0.4 is 4.90 Å². The van der Waals surface area contributed by atoms with E-state index >= 15 is 0 Å². The molecule has 1 amide bonds. The second kappa shape index (κ2) is 10.0. The minimum absolute atomic E-state index is 0.0494. The van der Waals surface area contributed by atoms with E-state index in [1.165, 1.54) is 0 Å². The number of pyridine rings is 1. The van der Waals surface area contributed by atoms with Gasteiger partial charge in [-0.2, -0.15) is 0 Å². The lowest BCUT2D eigenvalue weighted by Gasteiger charge is -2.22. The zero-order chi connectivity index (χ0) is 26.1. The number of hydrogen-bond donors (Lipinski definition) is 1. The number of amides is 1. The lowest BCUT2D eigenvalue weighted by molar-refractivity contribution is -0.384.